The number of carbonyl (C=O) groups is 2. The standard InChI is InChI=1S/C21H24N2O3/c1-5-20(24)23-18-12-16(11-10-15(18)4)22-21(25)17-8-6-7-9-19(17)26-13-14(2)3/h6-12H,2,5,13H2,1,3-4H3,(H,22,25)(H,23,24). The van der Waals surface area contributed by atoms with Crippen molar-refractivity contribution in [3.05, 3.63) is 65.7 Å². The van der Waals surface area contributed by atoms with Crippen LogP contribution in [0, 0.1) is 6.92 Å². The van der Waals surface area contributed by atoms with Crippen LogP contribution in [0.15, 0.2) is 54.6 Å². The van der Waals surface area contributed by atoms with Crippen LogP contribution in [0.1, 0.15) is 36.2 Å². The molecular weight excluding hydrogens is 328 g/mol. The minimum absolute atomic E-state index is 0.0740. The number of para-hydroxylation sites is 1. The molecule has 0 atom stereocenters. The molecule has 2 aromatic carbocycles. The highest BCUT2D eigenvalue weighted by atomic mass is 16.5. The summed E-state index contributed by atoms with van der Waals surface area (Å²) in [5.74, 6) is 0.147. The van der Waals surface area contributed by atoms with Crippen LogP contribution in [-0.2, 0) is 4.79 Å². The van der Waals surface area contributed by atoms with E-state index in [1.54, 1.807) is 37.3 Å². The van der Waals surface area contributed by atoms with Crippen LogP contribution in [0.4, 0.5) is 11.4 Å². The molecule has 0 aliphatic heterocycles. The Hall–Kier alpha value is -3.08. The van der Waals surface area contributed by atoms with E-state index in [4.69, 9.17) is 4.74 Å². The van der Waals surface area contributed by atoms with Crippen LogP contribution in [0.2, 0.25) is 0 Å². The maximum absolute atomic E-state index is 12.7. The van der Waals surface area contributed by atoms with Crippen molar-refractivity contribution in [2.75, 3.05) is 17.2 Å². The highest BCUT2D eigenvalue weighted by molar-refractivity contribution is 6.06. The molecule has 0 bridgehead atoms. The summed E-state index contributed by atoms with van der Waals surface area (Å²) in [5, 5.41) is 5.69. The summed E-state index contributed by atoms with van der Waals surface area (Å²) < 4.78 is 5.65. The third kappa shape index (κ3) is 5.21. The molecule has 0 saturated carbocycles. The molecule has 0 radical (unpaired) electrons. The third-order valence-corrected chi connectivity index (χ3v) is 3.70. The van der Waals surface area contributed by atoms with Crippen LogP contribution in [-0.4, -0.2) is 18.4 Å². The van der Waals surface area contributed by atoms with Gasteiger partial charge in [0, 0.05) is 17.8 Å². The van der Waals surface area contributed by atoms with Gasteiger partial charge < -0.3 is 15.4 Å². The monoisotopic (exact) mass is 352 g/mol. The summed E-state index contributed by atoms with van der Waals surface area (Å²) >= 11 is 0. The number of hydrogen-bond acceptors (Lipinski definition) is 3. The van der Waals surface area contributed by atoms with Crippen molar-refractivity contribution in [2.24, 2.45) is 0 Å². The number of ether oxygens (including phenoxy) is 1. The highest BCUT2D eigenvalue weighted by Gasteiger charge is 2.13. The minimum atomic E-state index is -0.279. The molecular formula is C21H24N2O3. The van der Waals surface area contributed by atoms with Crippen molar-refractivity contribution in [1.82, 2.24) is 0 Å². The summed E-state index contributed by atoms with van der Waals surface area (Å²) in [6.45, 7) is 9.70. The van der Waals surface area contributed by atoms with Gasteiger partial charge in [0.25, 0.3) is 5.91 Å². The van der Waals surface area contributed by atoms with E-state index in [1.807, 2.05) is 26.0 Å². The van der Waals surface area contributed by atoms with E-state index in [9.17, 15) is 9.59 Å². The lowest BCUT2D eigenvalue weighted by Gasteiger charge is -2.13. The molecule has 0 aromatic heterocycles. The largest absolute Gasteiger partial charge is 0.488 e. The van der Waals surface area contributed by atoms with Crippen LogP contribution >= 0.6 is 0 Å². The van der Waals surface area contributed by atoms with E-state index in [1.165, 1.54) is 0 Å². The molecule has 0 spiro atoms. The van der Waals surface area contributed by atoms with Crippen LogP contribution in [0.5, 0.6) is 5.75 Å². The molecule has 5 nitrogen and oxygen atoms in total. The van der Waals surface area contributed by atoms with Crippen molar-refractivity contribution in [2.45, 2.75) is 27.2 Å². The summed E-state index contributed by atoms with van der Waals surface area (Å²) in [6, 6.07) is 12.4. The van der Waals surface area contributed by atoms with Crippen molar-refractivity contribution in [3.63, 3.8) is 0 Å². The van der Waals surface area contributed by atoms with E-state index in [-0.39, 0.29) is 11.8 Å². The van der Waals surface area contributed by atoms with E-state index < -0.39 is 0 Å². The number of anilines is 2. The van der Waals surface area contributed by atoms with Gasteiger partial charge in [0.1, 0.15) is 12.4 Å². The predicted octanol–water partition coefficient (Wildman–Crippen LogP) is 4.55. The second kappa shape index (κ2) is 8.85. The molecule has 0 aliphatic rings. The first-order valence-corrected chi connectivity index (χ1v) is 8.48. The summed E-state index contributed by atoms with van der Waals surface area (Å²) in [7, 11) is 0. The first kappa shape index (κ1) is 19.2. The Kier molecular flexibility index (Phi) is 6.55. The number of amides is 2. The minimum Gasteiger partial charge on any atom is -0.488 e. The van der Waals surface area contributed by atoms with Gasteiger partial charge in [0.2, 0.25) is 5.91 Å². The average Bonchev–Trinajstić information content (AvgIpc) is 2.62. The zero-order valence-corrected chi connectivity index (χ0v) is 15.4. The lowest BCUT2D eigenvalue weighted by molar-refractivity contribution is -0.115. The topological polar surface area (TPSA) is 67.4 Å². The molecule has 0 aliphatic carbocycles. The van der Waals surface area contributed by atoms with Crippen LogP contribution in [0.3, 0.4) is 0 Å². The zero-order chi connectivity index (χ0) is 19.1. The number of nitrogens with one attached hydrogen (secondary N) is 2. The third-order valence-electron chi connectivity index (χ3n) is 3.70. The molecule has 0 fully saturated rings. The summed E-state index contributed by atoms with van der Waals surface area (Å²) in [6.07, 6.45) is 0.392. The van der Waals surface area contributed by atoms with Gasteiger partial charge in [-0.1, -0.05) is 31.7 Å². The fourth-order valence-corrected chi connectivity index (χ4v) is 2.25. The van der Waals surface area contributed by atoms with Gasteiger partial charge in [-0.25, -0.2) is 0 Å². The molecule has 2 amide bonds. The van der Waals surface area contributed by atoms with Crippen molar-refractivity contribution in [1.29, 1.82) is 0 Å². The summed E-state index contributed by atoms with van der Waals surface area (Å²) in [4.78, 5) is 24.3. The lowest BCUT2D eigenvalue weighted by atomic mass is 10.1. The fourth-order valence-electron chi connectivity index (χ4n) is 2.25. The Balaban J connectivity index is 2.19. The van der Waals surface area contributed by atoms with Gasteiger partial charge in [0.15, 0.2) is 0 Å². The molecule has 2 rings (SSSR count). The molecule has 26 heavy (non-hydrogen) atoms. The first-order chi connectivity index (χ1) is 12.4. The number of rotatable bonds is 7. The Bertz CT molecular complexity index is 828. The maximum Gasteiger partial charge on any atom is 0.259 e. The number of benzene rings is 2. The molecule has 136 valence electrons. The highest BCUT2D eigenvalue weighted by Crippen LogP contribution is 2.23. The fraction of sp³-hybridized carbons (Fsp3) is 0.238. The van der Waals surface area contributed by atoms with E-state index in [0.717, 1.165) is 11.1 Å². The molecule has 5 heteroatoms. The normalized spacial score (nSPS) is 10.1. The summed E-state index contributed by atoms with van der Waals surface area (Å²) in [5.41, 5.74) is 3.52. The van der Waals surface area contributed by atoms with E-state index >= 15 is 0 Å². The van der Waals surface area contributed by atoms with E-state index in [2.05, 4.69) is 17.2 Å². The molecule has 0 unspecified atom stereocenters. The van der Waals surface area contributed by atoms with Gasteiger partial charge in [0.05, 0.1) is 5.56 Å². The van der Waals surface area contributed by atoms with Gasteiger partial charge in [-0.05, 0) is 49.2 Å². The predicted molar refractivity (Wildman–Crippen MR) is 105 cm³/mol. The number of aryl methyl sites for hydroxylation is 1. The molecule has 2 N–H and O–H groups in total. The zero-order valence-electron chi connectivity index (χ0n) is 15.4. The van der Waals surface area contributed by atoms with Crippen LogP contribution in [0.25, 0.3) is 0 Å². The first-order valence-electron chi connectivity index (χ1n) is 8.48. The Morgan fingerprint density at radius 2 is 1.85 bits per heavy atom. The van der Waals surface area contributed by atoms with Gasteiger partial charge in [-0.15, -0.1) is 0 Å². The Morgan fingerprint density at radius 3 is 2.54 bits per heavy atom. The quantitative estimate of drug-likeness (QED) is 0.718. The average molecular weight is 352 g/mol. The van der Waals surface area contributed by atoms with Gasteiger partial charge >= 0.3 is 0 Å². The Morgan fingerprint density at radius 1 is 1.12 bits per heavy atom. The second-order valence-corrected chi connectivity index (χ2v) is 6.13. The van der Waals surface area contributed by atoms with Crippen molar-refractivity contribution >= 4 is 23.2 Å². The van der Waals surface area contributed by atoms with Crippen LogP contribution < -0.4 is 15.4 Å². The molecule has 0 saturated heterocycles. The van der Waals surface area contributed by atoms with E-state index in [0.29, 0.717) is 35.7 Å². The SMILES string of the molecule is C=C(C)COc1ccccc1C(=O)Nc1ccc(C)c(NC(=O)CC)c1. The lowest BCUT2D eigenvalue weighted by Crippen LogP contribution is -2.15. The number of hydrogen-bond donors (Lipinski definition) is 2. The Labute approximate surface area is 154 Å². The van der Waals surface area contributed by atoms with Gasteiger partial charge in [-0.2, -0.15) is 0 Å². The number of carbonyl (C=O) groups excluding carboxylic acids is 2. The molecule has 2 aromatic rings. The van der Waals surface area contributed by atoms with Crippen molar-refractivity contribution in [3.8, 4) is 5.75 Å². The smallest absolute Gasteiger partial charge is 0.259 e. The van der Waals surface area contributed by atoms with Gasteiger partial charge in [-0.3, -0.25) is 9.59 Å². The second-order valence-electron chi connectivity index (χ2n) is 6.13. The maximum atomic E-state index is 12.7. The molecule has 0 heterocycles. The van der Waals surface area contributed by atoms with Crippen molar-refractivity contribution < 1.29 is 14.3 Å².